The topological polar surface area (TPSA) is 32.3 Å². The van der Waals surface area contributed by atoms with Crippen LogP contribution in [-0.4, -0.2) is 29.9 Å². The van der Waals surface area contributed by atoms with Crippen molar-refractivity contribution < 1.29 is 4.79 Å². The van der Waals surface area contributed by atoms with Gasteiger partial charge in [0, 0.05) is 18.8 Å². The van der Waals surface area contributed by atoms with Crippen LogP contribution in [0.2, 0.25) is 0 Å². The van der Waals surface area contributed by atoms with E-state index in [4.69, 9.17) is 0 Å². The number of likely N-dealkylation sites (tertiary alicyclic amines) is 1. The highest BCUT2D eigenvalue weighted by atomic mass is 16.2. The minimum atomic E-state index is -0.0748. The molecule has 1 amide bonds. The number of carbonyl (C=O) groups is 1. The van der Waals surface area contributed by atoms with Crippen LogP contribution in [0.15, 0.2) is 18.2 Å². The van der Waals surface area contributed by atoms with E-state index in [1.54, 1.807) is 0 Å². The van der Waals surface area contributed by atoms with Crippen molar-refractivity contribution in [1.82, 2.24) is 4.90 Å². The SMILES string of the molecule is Cc1cccc(C)c1NC(=O)[C@@H](C)N1C[C@H](C)C[C@H](C)C1. The van der Waals surface area contributed by atoms with Crippen molar-refractivity contribution in [2.24, 2.45) is 11.8 Å². The van der Waals surface area contributed by atoms with Gasteiger partial charge in [-0.25, -0.2) is 0 Å². The van der Waals surface area contributed by atoms with E-state index in [9.17, 15) is 4.79 Å². The molecule has 1 aliphatic rings. The van der Waals surface area contributed by atoms with E-state index in [-0.39, 0.29) is 11.9 Å². The molecular weight excluding hydrogens is 260 g/mol. The highest BCUT2D eigenvalue weighted by Gasteiger charge is 2.29. The van der Waals surface area contributed by atoms with Gasteiger partial charge < -0.3 is 5.32 Å². The zero-order valence-corrected chi connectivity index (χ0v) is 13.9. The van der Waals surface area contributed by atoms with E-state index in [0.29, 0.717) is 11.8 Å². The molecule has 3 atom stereocenters. The van der Waals surface area contributed by atoms with Crippen molar-refractivity contribution in [2.45, 2.75) is 47.1 Å². The van der Waals surface area contributed by atoms with Gasteiger partial charge in [-0.1, -0.05) is 32.0 Å². The predicted molar refractivity (Wildman–Crippen MR) is 88.5 cm³/mol. The number of anilines is 1. The molecule has 0 spiro atoms. The number of nitrogens with one attached hydrogen (secondary N) is 1. The number of nitrogens with zero attached hydrogens (tertiary/aromatic N) is 1. The number of aryl methyl sites for hydroxylation is 2. The summed E-state index contributed by atoms with van der Waals surface area (Å²) in [4.78, 5) is 14.9. The summed E-state index contributed by atoms with van der Waals surface area (Å²) in [6.07, 6.45) is 1.27. The average Bonchev–Trinajstić information content (AvgIpc) is 2.41. The molecule has 0 aliphatic carbocycles. The molecule has 116 valence electrons. The molecule has 1 N–H and O–H groups in total. The fraction of sp³-hybridized carbons (Fsp3) is 0.611. The largest absolute Gasteiger partial charge is 0.324 e. The lowest BCUT2D eigenvalue weighted by Gasteiger charge is -2.38. The Morgan fingerprint density at radius 1 is 1.19 bits per heavy atom. The molecule has 1 aromatic carbocycles. The predicted octanol–water partition coefficient (Wildman–Crippen LogP) is 3.61. The summed E-state index contributed by atoms with van der Waals surface area (Å²) in [6.45, 7) is 12.7. The quantitative estimate of drug-likeness (QED) is 0.921. The first kappa shape index (κ1) is 16.0. The monoisotopic (exact) mass is 288 g/mol. The maximum atomic E-state index is 12.6. The molecule has 2 rings (SSSR count). The van der Waals surface area contributed by atoms with Crippen LogP contribution in [0.5, 0.6) is 0 Å². The first-order valence-electron chi connectivity index (χ1n) is 7.99. The number of amides is 1. The van der Waals surface area contributed by atoms with Gasteiger partial charge in [-0.15, -0.1) is 0 Å². The summed E-state index contributed by atoms with van der Waals surface area (Å²) in [7, 11) is 0. The molecule has 21 heavy (non-hydrogen) atoms. The van der Waals surface area contributed by atoms with Gasteiger partial charge in [0.2, 0.25) is 5.91 Å². The molecule has 1 fully saturated rings. The van der Waals surface area contributed by atoms with Gasteiger partial charge in [-0.2, -0.15) is 0 Å². The fourth-order valence-electron chi connectivity index (χ4n) is 3.43. The number of rotatable bonds is 3. The zero-order valence-electron chi connectivity index (χ0n) is 13.9. The van der Waals surface area contributed by atoms with E-state index in [1.165, 1.54) is 6.42 Å². The number of hydrogen-bond donors (Lipinski definition) is 1. The Balaban J connectivity index is 2.06. The number of para-hydroxylation sites is 1. The fourth-order valence-corrected chi connectivity index (χ4v) is 3.43. The van der Waals surface area contributed by atoms with Crippen molar-refractivity contribution in [3.8, 4) is 0 Å². The second-order valence-corrected chi connectivity index (χ2v) is 6.83. The van der Waals surface area contributed by atoms with Crippen LogP contribution in [0, 0.1) is 25.7 Å². The Kier molecular flexibility index (Phi) is 5.04. The number of piperidine rings is 1. The van der Waals surface area contributed by atoms with Crippen molar-refractivity contribution >= 4 is 11.6 Å². The molecule has 0 radical (unpaired) electrons. The molecule has 1 saturated heterocycles. The first-order chi connectivity index (χ1) is 9.88. The summed E-state index contributed by atoms with van der Waals surface area (Å²) in [6, 6.07) is 6.03. The van der Waals surface area contributed by atoms with Gasteiger partial charge in [0.25, 0.3) is 0 Å². The molecular formula is C18H28N2O. The standard InChI is InChI=1S/C18H28N2O/c1-12-9-13(2)11-20(10-12)16(5)18(21)19-17-14(3)7-6-8-15(17)4/h6-8,12-13,16H,9-11H2,1-5H3,(H,19,21)/t12-,13+,16-/m1/s1. The molecule has 3 nitrogen and oxygen atoms in total. The van der Waals surface area contributed by atoms with Crippen molar-refractivity contribution in [3.63, 3.8) is 0 Å². The van der Waals surface area contributed by atoms with E-state index in [0.717, 1.165) is 29.9 Å². The average molecular weight is 288 g/mol. The zero-order chi connectivity index (χ0) is 15.6. The molecule has 1 aromatic rings. The van der Waals surface area contributed by atoms with Crippen LogP contribution < -0.4 is 5.32 Å². The molecule has 3 heteroatoms. The van der Waals surface area contributed by atoms with Gasteiger partial charge in [0.15, 0.2) is 0 Å². The Labute approximate surface area is 128 Å². The Morgan fingerprint density at radius 2 is 1.71 bits per heavy atom. The van der Waals surface area contributed by atoms with Crippen LogP contribution in [0.25, 0.3) is 0 Å². The number of benzene rings is 1. The normalized spacial score (nSPS) is 24.6. The number of carbonyl (C=O) groups excluding carboxylic acids is 1. The minimum absolute atomic E-state index is 0.0748. The Morgan fingerprint density at radius 3 is 2.24 bits per heavy atom. The van der Waals surface area contributed by atoms with Gasteiger partial charge in [0.1, 0.15) is 0 Å². The van der Waals surface area contributed by atoms with Gasteiger partial charge in [0.05, 0.1) is 6.04 Å². The summed E-state index contributed by atoms with van der Waals surface area (Å²) >= 11 is 0. The van der Waals surface area contributed by atoms with Gasteiger partial charge in [-0.05, 0) is 50.2 Å². The second kappa shape index (κ2) is 6.61. The molecule has 0 saturated carbocycles. The summed E-state index contributed by atoms with van der Waals surface area (Å²) in [5.41, 5.74) is 3.21. The lowest BCUT2D eigenvalue weighted by molar-refractivity contribution is -0.121. The first-order valence-corrected chi connectivity index (χ1v) is 7.99. The van der Waals surface area contributed by atoms with E-state index in [1.807, 2.05) is 39.0 Å². The highest BCUT2D eigenvalue weighted by molar-refractivity contribution is 5.95. The van der Waals surface area contributed by atoms with Gasteiger partial charge >= 0.3 is 0 Å². The summed E-state index contributed by atoms with van der Waals surface area (Å²) < 4.78 is 0. The van der Waals surface area contributed by atoms with Crippen LogP contribution in [0.3, 0.4) is 0 Å². The third-order valence-electron chi connectivity index (χ3n) is 4.55. The third kappa shape index (κ3) is 3.85. The van der Waals surface area contributed by atoms with E-state index >= 15 is 0 Å². The van der Waals surface area contributed by atoms with Crippen LogP contribution >= 0.6 is 0 Å². The maximum absolute atomic E-state index is 12.6. The van der Waals surface area contributed by atoms with E-state index < -0.39 is 0 Å². The smallest absolute Gasteiger partial charge is 0.241 e. The van der Waals surface area contributed by atoms with E-state index in [2.05, 4.69) is 24.1 Å². The van der Waals surface area contributed by atoms with Crippen LogP contribution in [0.4, 0.5) is 5.69 Å². The molecule has 0 aromatic heterocycles. The molecule has 1 aliphatic heterocycles. The molecule has 0 bridgehead atoms. The Bertz CT molecular complexity index is 482. The molecule has 0 unspecified atom stereocenters. The third-order valence-corrected chi connectivity index (χ3v) is 4.55. The summed E-state index contributed by atoms with van der Waals surface area (Å²) in [5, 5.41) is 3.12. The summed E-state index contributed by atoms with van der Waals surface area (Å²) in [5.74, 6) is 1.45. The van der Waals surface area contributed by atoms with Crippen molar-refractivity contribution in [3.05, 3.63) is 29.3 Å². The molecule has 1 heterocycles. The van der Waals surface area contributed by atoms with Crippen LogP contribution in [-0.2, 0) is 4.79 Å². The lowest BCUT2D eigenvalue weighted by Crippen LogP contribution is -2.48. The second-order valence-electron chi connectivity index (χ2n) is 6.83. The van der Waals surface area contributed by atoms with Crippen molar-refractivity contribution in [1.29, 1.82) is 0 Å². The van der Waals surface area contributed by atoms with Crippen LogP contribution in [0.1, 0.15) is 38.3 Å². The lowest BCUT2D eigenvalue weighted by atomic mass is 9.91. The minimum Gasteiger partial charge on any atom is -0.324 e. The number of hydrogen-bond acceptors (Lipinski definition) is 2. The highest BCUT2D eigenvalue weighted by Crippen LogP contribution is 2.24. The maximum Gasteiger partial charge on any atom is 0.241 e. The Hall–Kier alpha value is -1.35. The van der Waals surface area contributed by atoms with Crippen molar-refractivity contribution in [2.75, 3.05) is 18.4 Å². The van der Waals surface area contributed by atoms with Gasteiger partial charge in [-0.3, -0.25) is 9.69 Å².